The number of rotatable bonds is 2. The first-order chi connectivity index (χ1) is 12.2. The predicted octanol–water partition coefficient (Wildman–Crippen LogP) is 6.96. The highest BCUT2D eigenvalue weighted by Crippen LogP contribution is 2.59. The van der Waals surface area contributed by atoms with E-state index in [0.29, 0.717) is 10.8 Å². The van der Waals surface area contributed by atoms with E-state index in [-0.39, 0.29) is 0 Å². The van der Waals surface area contributed by atoms with Crippen LogP contribution in [0.3, 0.4) is 0 Å². The molecular formula is C23H38ClNS. The molecule has 0 spiro atoms. The summed E-state index contributed by atoms with van der Waals surface area (Å²) in [6, 6.07) is 11.4. The lowest BCUT2D eigenvalue weighted by molar-refractivity contribution is -0.00721. The maximum Gasteiger partial charge on any atom is 0.0588 e. The Morgan fingerprint density at radius 1 is 1.15 bits per heavy atom. The Hall–Kier alpha value is -0.600. The zero-order chi connectivity index (χ0) is 19.8. The smallest absolute Gasteiger partial charge is 0.0588 e. The molecule has 0 heterocycles. The lowest BCUT2D eigenvalue weighted by Crippen LogP contribution is -2.48. The van der Waals surface area contributed by atoms with E-state index in [0.717, 1.165) is 35.5 Å². The van der Waals surface area contributed by atoms with Crippen molar-refractivity contribution < 1.29 is 0 Å². The Morgan fingerprint density at radius 3 is 2.19 bits per heavy atom. The Bertz CT molecular complexity index is 524. The van der Waals surface area contributed by atoms with Crippen molar-refractivity contribution in [2.45, 2.75) is 72.1 Å². The van der Waals surface area contributed by atoms with Crippen molar-refractivity contribution in [1.82, 2.24) is 0 Å². The molecule has 2 aliphatic rings. The van der Waals surface area contributed by atoms with Gasteiger partial charge in [0, 0.05) is 5.88 Å². The molecule has 1 aromatic carbocycles. The number of nitrogens with two attached hydrogens (primary N) is 1. The Morgan fingerprint density at radius 2 is 1.69 bits per heavy atom. The minimum absolute atomic E-state index is 0.458. The van der Waals surface area contributed by atoms with Crippen molar-refractivity contribution in [3.8, 4) is 0 Å². The monoisotopic (exact) mass is 395 g/mol. The second-order valence-corrected chi connectivity index (χ2v) is 9.67. The lowest BCUT2D eigenvalue weighted by atomic mass is 9.48. The minimum atomic E-state index is 0.458. The van der Waals surface area contributed by atoms with E-state index in [9.17, 15) is 0 Å². The van der Waals surface area contributed by atoms with Gasteiger partial charge in [0.05, 0.1) is 5.49 Å². The molecule has 4 atom stereocenters. The van der Waals surface area contributed by atoms with Crippen LogP contribution in [0.25, 0.3) is 0 Å². The van der Waals surface area contributed by atoms with Gasteiger partial charge in [-0.15, -0.1) is 11.6 Å². The van der Waals surface area contributed by atoms with Gasteiger partial charge in [0.1, 0.15) is 0 Å². The largest absolute Gasteiger partial charge is 0.396 e. The van der Waals surface area contributed by atoms with E-state index in [1.165, 1.54) is 25.7 Å². The number of hydrogen-bond acceptors (Lipinski definition) is 1. The Balaban J connectivity index is 0.000000419. The predicted molar refractivity (Wildman–Crippen MR) is 121 cm³/mol. The first-order valence-electron chi connectivity index (χ1n) is 10.0. The summed E-state index contributed by atoms with van der Waals surface area (Å²) in [6.45, 7) is 12.0. The van der Waals surface area contributed by atoms with Crippen LogP contribution < -0.4 is 5.73 Å². The normalized spacial score (nSPS) is 31.5. The summed E-state index contributed by atoms with van der Waals surface area (Å²) in [5, 5.41) is 0. The molecule has 4 unspecified atom stereocenters. The van der Waals surface area contributed by atoms with Crippen molar-refractivity contribution in [3.63, 3.8) is 0 Å². The maximum atomic E-state index is 5.19. The van der Waals surface area contributed by atoms with Gasteiger partial charge in [-0.25, -0.2) is 0 Å². The molecule has 0 saturated heterocycles. The van der Waals surface area contributed by atoms with Gasteiger partial charge in [-0.05, 0) is 66.3 Å². The van der Waals surface area contributed by atoms with Crippen molar-refractivity contribution in [2.75, 3.05) is 5.88 Å². The quantitative estimate of drug-likeness (QED) is 0.432. The van der Waals surface area contributed by atoms with Gasteiger partial charge < -0.3 is 5.73 Å². The molecule has 0 amide bonds. The molecule has 26 heavy (non-hydrogen) atoms. The van der Waals surface area contributed by atoms with Crippen molar-refractivity contribution in [3.05, 3.63) is 35.9 Å². The highest BCUT2D eigenvalue weighted by molar-refractivity contribution is 7.78. The first kappa shape index (κ1) is 23.4. The molecule has 2 fully saturated rings. The van der Waals surface area contributed by atoms with E-state index in [4.69, 9.17) is 11.6 Å². The summed E-state index contributed by atoms with van der Waals surface area (Å²) >= 11 is 9.23. The second-order valence-electron chi connectivity index (χ2n) is 9.02. The van der Waals surface area contributed by atoms with Crippen LogP contribution in [0.5, 0.6) is 0 Å². The molecule has 148 valence electrons. The summed E-state index contributed by atoms with van der Waals surface area (Å²) in [6.07, 6.45) is 6.69. The molecule has 2 aliphatic carbocycles. The molecule has 2 saturated carbocycles. The van der Waals surface area contributed by atoms with Crippen LogP contribution in [-0.4, -0.2) is 11.4 Å². The van der Waals surface area contributed by atoms with Gasteiger partial charge in [0.2, 0.25) is 0 Å². The maximum absolute atomic E-state index is 5.19. The molecule has 3 rings (SSSR count). The third-order valence-corrected chi connectivity index (χ3v) is 6.59. The van der Waals surface area contributed by atoms with Gasteiger partial charge in [-0.1, -0.05) is 77.2 Å². The number of thiocarbonyl (C=S) groups is 1. The molecule has 1 nitrogen and oxygen atoms in total. The number of halogens is 1. The third-order valence-electron chi connectivity index (χ3n) is 6.21. The van der Waals surface area contributed by atoms with Crippen LogP contribution in [0.15, 0.2) is 30.3 Å². The van der Waals surface area contributed by atoms with Crippen molar-refractivity contribution in [1.29, 1.82) is 0 Å². The fourth-order valence-corrected chi connectivity index (χ4v) is 5.27. The van der Waals surface area contributed by atoms with Crippen molar-refractivity contribution >= 4 is 29.3 Å². The summed E-state index contributed by atoms with van der Waals surface area (Å²) in [4.78, 5) is 0. The summed E-state index contributed by atoms with van der Waals surface area (Å²) < 4.78 is 0. The number of alkyl halides is 1. The van der Waals surface area contributed by atoms with Crippen LogP contribution in [0.4, 0.5) is 0 Å². The van der Waals surface area contributed by atoms with Gasteiger partial charge in [-0.2, -0.15) is 0 Å². The van der Waals surface area contributed by atoms with Gasteiger partial charge in [-0.3, -0.25) is 0 Å². The fraction of sp³-hybridized carbons (Fsp3) is 0.696. The zero-order valence-electron chi connectivity index (χ0n) is 17.3. The van der Waals surface area contributed by atoms with Crippen LogP contribution in [-0.2, 0) is 5.41 Å². The molecule has 1 aromatic rings. The number of hydrogen-bond donors (Lipinski definition) is 1. The van der Waals surface area contributed by atoms with Gasteiger partial charge >= 0.3 is 0 Å². The average molecular weight is 396 g/mol. The van der Waals surface area contributed by atoms with E-state index in [1.807, 2.05) is 6.92 Å². The van der Waals surface area contributed by atoms with E-state index < -0.39 is 0 Å². The first-order valence-corrected chi connectivity index (χ1v) is 11.0. The van der Waals surface area contributed by atoms with Crippen LogP contribution in [0.1, 0.15) is 72.3 Å². The van der Waals surface area contributed by atoms with E-state index >= 15 is 0 Å². The Labute approximate surface area is 172 Å². The molecular weight excluding hydrogens is 358 g/mol. The van der Waals surface area contributed by atoms with Crippen molar-refractivity contribution in [2.24, 2.45) is 28.9 Å². The topological polar surface area (TPSA) is 26.0 Å². The summed E-state index contributed by atoms with van der Waals surface area (Å²) in [7, 11) is 0. The van der Waals surface area contributed by atoms with Crippen LogP contribution in [0.2, 0.25) is 0 Å². The van der Waals surface area contributed by atoms with Crippen LogP contribution >= 0.6 is 23.8 Å². The standard InChI is InChI=1S/C19H28.C3H7Cl.CH3NS/c1-14-10-19(17-8-6-5-7-9-17)12-16(15(14)2)11-18(3,4)13-19;1-2-3-4;2-1-3/h5-9,14-16H,10-13H2,1-4H3;2-3H2,1H3;1H,(H2,2,3). The second kappa shape index (κ2) is 10.7. The highest BCUT2D eigenvalue weighted by Gasteiger charge is 2.51. The van der Waals surface area contributed by atoms with E-state index in [1.54, 1.807) is 5.56 Å². The van der Waals surface area contributed by atoms with Crippen LogP contribution in [0, 0.1) is 23.2 Å². The molecule has 3 heteroatoms. The fourth-order valence-electron chi connectivity index (χ4n) is 5.27. The molecule has 0 radical (unpaired) electrons. The average Bonchev–Trinajstić information content (AvgIpc) is 2.60. The lowest BCUT2D eigenvalue weighted by Gasteiger charge is -2.56. The summed E-state index contributed by atoms with van der Waals surface area (Å²) in [5.74, 6) is 3.49. The third kappa shape index (κ3) is 6.23. The summed E-state index contributed by atoms with van der Waals surface area (Å²) in [5.41, 5.74) is 8.19. The van der Waals surface area contributed by atoms with Gasteiger partial charge in [0.15, 0.2) is 0 Å². The highest BCUT2D eigenvalue weighted by atomic mass is 35.5. The Kier molecular flexibility index (Phi) is 9.61. The SMILES string of the molecule is CC1CC2(c3ccccc3)CC(CC(C)(C)C2)C1C.CCCCl.NC=S. The molecule has 2 N–H and O–H groups in total. The van der Waals surface area contributed by atoms with Gasteiger partial charge in [0.25, 0.3) is 0 Å². The minimum Gasteiger partial charge on any atom is -0.396 e. The molecule has 2 bridgehead atoms. The zero-order valence-corrected chi connectivity index (χ0v) is 18.9. The molecule has 0 aliphatic heterocycles. The molecule has 0 aromatic heterocycles. The number of fused-ring (bicyclic) bond motifs is 2. The van der Waals surface area contributed by atoms with E-state index in [2.05, 4.69) is 76.0 Å². The number of benzene rings is 1.